The van der Waals surface area contributed by atoms with Gasteiger partial charge >= 0.3 is 11.9 Å². The SMILES string of the molecule is C=CC(=O)O.C=CC(=O)O.CCCO.CCCc1cccc(O)c1O. The first-order valence-electron chi connectivity index (χ1n) is 7.52. The van der Waals surface area contributed by atoms with Gasteiger partial charge in [-0.2, -0.15) is 0 Å². The van der Waals surface area contributed by atoms with Crippen molar-refractivity contribution in [3.63, 3.8) is 0 Å². The summed E-state index contributed by atoms with van der Waals surface area (Å²) in [6, 6.07) is 5.03. The average molecular weight is 356 g/mol. The minimum atomic E-state index is -0.981. The zero-order chi connectivity index (χ0) is 20.3. The van der Waals surface area contributed by atoms with Gasteiger partial charge in [0.2, 0.25) is 0 Å². The number of rotatable bonds is 5. The Morgan fingerprint density at radius 1 is 1.00 bits per heavy atom. The third kappa shape index (κ3) is 21.2. The number of benzene rings is 1. The van der Waals surface area contributed by atoms with E-state index in [0.29, 0.717) is 6.61 Å². The van der Waals surface area contributed by atoms with Crippen LogP contribution in [0.5, 0.6) is 11.5 Å². The highest BCUT2D eigenvalue weighted by Crippen LogP contribution is 2.28. The molecule has 142 valence electrons. The molecule has 0 bridgehead atoms. The molecule has 0 aliphatic heterocycles. The average Bonchev–Trinajstić information content (AvgIpc) is 2.60. The van der Waals surface area contributed by atoms with E-state index in [4.69, 9.17) is 20.4 Å². The highest BCUT2D eigenvalue weighted by atomic mass is 16.4. The molecule has 0 fully saturated rings. The lowest BCUT2D eigenvalue weighted by atomic mass is 10.1. The maximum absolute atomic E-state index is 9.28. The molecular formula is C18H28O7. The molecule has 0 spiro atoms. The van der Waals surface area contributed by atoms with Gasteiger partial charge in [-0.05, 0) is 24.5 Å². The quantitative estimate of drug-likeness (QED) is 0.404. The predicted octanol–water partition coefficient (Wildman–Crippen LogP) is 2.95. The third-order valence-electron chi connectivity index (χ3n) is 2.19. The Morgan fingerprint density at radius 3 is 1.68 bits per heavy atom. The van der Waals surface area contributed by atoms with Crippen molar-refractivity contribution in [2.75, 3.05) is 6.61 Å². The summed E-state index contributed by atoms with van der Waals surface area (Å²) in [7, 11) is 0. The zero-order valence-corrected chi connectivity index (χ0v) is 14.7. The van der Waals surface area contributed by atoms with Gasteiger partial charge in [0.15, 0.2) is 11.5 Å². The molecule has 0 saturated heterocycles. The number of carboxylic acids is 2. The third-order valence-corrected chi connectivity index (χ3v) is 2.19. The zero-order valence-electron chi connectivity index (χ0n) is 14.7. The van der Waals surface area contributed by atoms with Gasteiger partial charge < -0.3 is 25.5 Å². The summed E-state index contributed by atoms with van der Waals surface area (Å²) in [5.41, 5.74) is 0.813. The second-order valence-corrected chi connectivity index (χ2v) is 4.34. The Bertz CT molecular complexity index is 490. The molecule has 7 nitrogen and oxygen atoms in total. The van der Waals surface area contributed by atoms with Crippen molar-refractivity contribution in [2.45, 2.75) is 33.1 Å². The number of carbonyl (C=O) groups is 2. The summed E-state index contributed by atoms with van der Waals surface area (Å²) in [4.78, 5) is 18.5. The molecule has 7 heteroatoms. The van der Waals surface area contributed by atoms with Gasteiger partial charge in [0.25, 0.3) is 0 Å². The van der Waals surface area contributed by atoms with Crippen LogP contribution in [0, 0.1) is 0 Å². The van der Waals surface area contributed by atoms with Crippen molar-refractivity contribution in [2.24, 2.45) is 0 Å². The molecule has 0 saturated carbocycles. The van der Waals surface area contributed by atoms with Crippen molar-refractivity contribution < 1.29 is 35.1 Å². The van der Waals surface area contributed by atoms with Gasteiger partial charge in [-0.15, -0.1) is 0 Å². The number of phenolic OH excluding ortho intramolecular Hbond substituents is 2. The first-order chi connectivity index (χ1) is 11.7. The Morgan fingerprint density at radius 2 is 1.40 bits per heavy atom. The molecule has 0 unspecified atom stereocenters. The molecule has 1 rings (SSSR count). The highest BCUT2D eigenvalue weighted by molar-refractivity contribution is 5.79. The molecule has 1 aromatic rings. The highest BCUT2D eigenvalue weighted by Gasteiger charge is 2.02. The van der Waals surface area contributed by atoms with E-state index in [9.17, 15) is 14.7 Å². The van der Waals surface area contributed by atoms with E-state index in [-0.39, 0.29) is 11.5 Å². The molecule has 1 aromatic carbocycles. The molecule has 0 aliphatic rings. The van der Waals surface area contributed by atoms with Crippen molar-refractivity contribution >= 4 is 11.9 Å². The fraction of sp³-hybridized carbons (Fsp3) is 0.333. The monoisotopic (exact) mass is 356 g/mol. The number of phenols is 2. The van der Waals surface area contributed by atoms with E-state index in [2.05, 4.69) is 13.2 Å². The largest absolute Gasteiger partial charge is 0.504 e. The Balaban J connectivity index is -0.000000292. The minimum absolute atomic E-state index is 0.0225. The normalized spacial score (nSPS) is 8.12. The van der Waals surface area contributed by atoms with Gasteiger partial charge in [0, 0.05) is 18.8 Å². The van der Waals surface area contributed by atoms with Crippen LogP contribution in [0.4, 0.5) is 0 Å². The van der Waals surface area contributed by atoms with Crippen LogP contribution in [0.3, 0.4) is 0 Å². The minimum Gasteiger partial charge on any atom is -0.504 e. The lowest BCUT2D eigenvalue weighted by Crippen LogP contribution is -1.83. The number of aliphatic hydroxyl groups excluding tert-OH is 1. The van der Waals surface area contributed by atoms with Crippen molar-refractivity contribution in [1.82, 2.24) is 0 Å². The smallest absolute Gasteiger partial charge is 0.327 e. The van der Waals surface area contributed by atoms with Gasteiger partial charge in [-0.25, -0.2) is 9.59 Å². The summed E-state index contributed by atoms with van der Waals surface area (Å²) in [6.45, 7) is 10.2. The Kier molecular flexibility index (Phi) is 20.8. The van der Waals surface area contributed by atoms with Gasteiger partial charge in [-0.1, -0.05) is 45.6 Å². The fourth-order valence-electron chi connectivity index (χ4n) is 1.05. The predicted molar refractivity (Wildman–Crippen MR) is 96.8 cm³/mol. The molecule has 0 radical (unpaired) electrons. The maximum atomic E-state index is 9.28. The van der Waals surface area contributed by atoms with Crippen LogP contribution in [0.2, 0.25) is 0 Å². The molecule has 0 aromatic heterocycles. The first kappa shape index (κ1) is 27.1. The second kappa shape index (κ2) is 19.2. The van der Waals surface area contributed by atoms with Crippen molar-refractivity contribution in [3.8, 4) is 11.5 Å². The van der Waals surface area contributed by atoms with Crippen molar-refractivity contribution in [3.05, 3.63) is 49.1 Å². The molecule has 0 heterocycles. The Labute approximate surface area is 148 Å². The van der Waals surface area contributed by atoms with Gasteiger partial charge in [0.1, 0.15) is 0 Å². The number of para-hydroxylation sites is 1. The van der Waals surface area contributed by atoms with Crippen LogP contribution in [-0.2, 0) is 16.0 Å². The molecule has 5 N–H and O–H groups in total. The van der Waals surface area contributed by atoms with E-state index in [1.54, 1.807) is 6.07 Å². The first-order valence-corrected chi connectivity index (χ1v) is 7.52. The van der Waals surface area contributed by atoms with Crippen LogP contribution in [-0.4, -0.2) is 44.1 Å². The molecule has 0 atom stereocenters. The van der Waals surface area contributed by atoms with E-state index in [1.165, 1.54) is 6.07 Å². The molecular weight excluding hydrogens is 328 g/mol. The summed E-state index contributed by atoms with van der Waals surface area (Å²) in [5, 5.41) is 41.4. The summed E-state index contributed by atoms with van der Waals surface area (Å²) in [5.74, 6) is -1.97. The number of aliphatic hydroxyl groups is 1. The lowest BCUT2D eigenvalue weighted by Gasteiger charge is -2.03. The van der Waals surface area contributed by atoms with Crippen LogP contribution in [0.15, 0.2) is 43.5 Å². The standard InChI is InChI=1S/C9H12O2.2C3H4O2.C3H8O/c1-2-4-7-5-3-6-8(10)9(7)11;2*1-2-3(4)5;1-2-3-4/h3,5-6,10-11H,2,4H2,1H3;2*2H,1H2,(H,4,5);4H,2-3H2,1H3. The Hall–Kier alpha value is -2.80. The number of aromatic hydroxyl groups is 2. The second-order valence-electron chi connectivity index (χ2n) is 4.34. The van der Waals surface area contributed by atoms with E-state index in [1.807, 2.05) is 19.9 Å². The molecule has 0 amide bonds. The number of aryl methyl sites for hydroxylation is 1. The van der Waals surface area contributed by atoms with Crippen LogP contribution in [0.25, 0.3) is 0 Å². The summed E-state index contributed by atoms with van der Waals surface area (Å²) >= 11 is 0. The van der Waals surface area contributed by atoms with Gasteiger partial charge in [-0.3, -0.25) is 0 Å². The topological polar surface area (TPSA) is 135 Å². The lowest BCUT2D eigenvalue weighted by molar-refractivity contribution is -0.132. The van der Waals surface area contributed by atoms with E-state index < -0.39 is 11.9 Å². The summed E-state index contributed by atoms with van der Waals surface area (Å²) in [6.07, 6.45) is 4.32. The fourth-order valence-corrected chi connectivity index (χ4v) is 1.05. The van der Waals surface area contributed by atoms with Crippen LogP contribution < -0.4 is 0 Å². The number of carboxylic acid groups (broad SMARTS) is 2. The maximum Gasteiger partial charge on any atom is 0.327 e. The summed E-state index contributed by atoms with van der Waals surface area (Å²) < 4.78 is 0. The van der Waals surface area contributed by atoms with Crippen LogP contribution >= 0.6 is 0 Å². The molecule has 25 heavy (non-hydrogen) atoms. The number of hydrogen-bond donors (Lipinski definition) is 5. The van der Waals surface area contributed by atoms with E-state index in [0.717, 1.165) is 37.0 Å². The molecule has 0 aliphatic carbocycles. The van der Waals surface area contributed by atoms with Gasteiger partial charge in [0.05, 0.1) is 0 Å². The number of hydrogen-bond acceptors (Lipinski definition) is 5. The van der Waals surface area contributed by atoms with Crippen LogP contribution in [0.1, 0.15) is 32.3 Å². The van der Waals surface area contributed by atoms with Crippen molar-refractivity contribution in [1.29, 1.82) is 0 Å². The number of aliphatic carboxylic acids is 2. The van der Waals surface area contributed by atoms with E-state index >= 15 is 0 Å².